The summed E-state index contributed by atoms with van der Waals surface area (Å²) in [6, 6.07) is 16.4. The van der Waals surface area contributed by atoms with E-state index < -0.39 is 28.7 Å². The van der Waals surface area contributed by atoms with Crippen LogP contribution in [-0.4, -0.2) is 52.8 Å². The van der Waals surface area contributed by atoms with E-state index in [1.807, 2.05) is 0 Å². The van der Waals surface area contributed by atoms with Crippen LogP contribution in [0.15, 0.2) is 71.5 Å². The number of halogens is 2. The van der Waals surface area contributed by atoms with Gasteiger partial charge in [0.05, 0.1) is 14.2 Å². The Morgan fingerprint density at radius 3 is 2.28 bits per heavy atom. The standard InChI is InChI=1S/C29H25F2N3O5/c1-38-22-8-5-9-23(39-2)25(22)34-26(17-10-12-19(30)13-11-17)32-27(35)24(29(34)37)28(36)33-15-14-18(16-33)20-6-3-4-7-21(20)31/h3-13,18,37H,14-16H2,1-2H3. The number of benzene rings is 3. The predicted molar refractivity (Wildman–Crippen MR) is 140 cm³/mol. The van der Waals surface area contributed by atoms with Crippen molar-refractivity contribution in [2.45, 2.75) is 12.3 Å². The van der Waals surface area contributed by atoms with Gasteiger partial charge >= 0.3 is 0 Å². The third-order valence-corrected chi connectivity index (χ3v) is 6.83. The van der Waals surface area contributed by atoms with Crippen molar-refractivity contribution in [1.82, 2.24) is 14.5 Å². The maximum Gasteiger partial charge on any atom is 0.290 e. The lowest BCUT2D eigenvalue weighted by Crippen LogP contribution is -2.34. The highest BCUT2D eigenvalue weighted by Crippen LogP contribution is 2.39. The van der Waals surface area contributed by atoms with Crippen LogP contribution in [0.25, 0.3) is 17.1 Å². The van der Waals surface area contributed by atoms with Crippen molar-refractivity contribution in [2.75, 3.05) is 27.3 Å². The lowest BCUT2D eigenvalue weighted by atomic mass is 9.98. The number of rotatable bonds is 6. The van der Waals surface area contributed by atoms with Gasteiger partial charge in [-0.25, -0.2) is 8.78 Å². The van der Waals surface area contributed by atoms with Crippen molar-refractivity contribution in [3.63, 3.8) is 0 Å². The Bertz CT molecular complexity index is 1580. The van der Waals surface area contributed by atoms with E-state index in [4.69, 9.17) is 9.47 Å². The summed E-state index contributed by atoms with van der Waals surface area (Å²) in [5.74, 6) is -2.08. The summed E-state index contributed by atoms with van der Waals surface area (Å²) < 4.78 is 40.3. The lowest BCUT2D eigenvalue weighted by Gasteiger charge is -2.22. The van der Waals surface area contributed by atoms with Crippen LogP contribution in [0, 0.1) is 11.6 Å². The number of hydrogen-bond acceptors (Lipinski definition) is 6. The van der Waals surface area contributed by atoms with E-state index >= 15 is 0 Å². The summed E-state index contributed by atoms with van der Waals surface area (Å²) >= 11 is 0. The lowest BCUT2D eigenvalue weighted by molar-refractivity contribution is 0.0784. The molecular formula is C29H25F2N3O5. The van der Waals surface area contributed by atoms with Crippen molar-refractivity contribution in [3.05, 3.63) is 99.8 Å². The normalized spacial score (nSPS) is 14.9. The molecule has 0 aliphatic carbocycles. The third-order valence-electron chi connectivity index (χ3n) is 6.83. The Hall–Kier alpha value is -4.73. The van der Waals surface area contributed by atoms with Crippen molar-refractivity contribution in [3.8, 4) is 34.5 Å². The summed E-state index contributed by atoms with van der Waals surface area (Å²) in [4.78, 5) is 32.5. The van der Waals surface area contributed by atoms with Gasteiger partial charge in [0.1, 0.15) is 28.8 Å². The van der Waals surface area contributed by atoms with Crippen LogP contribution in [0.1, 0.15) is 28.3 Å². The number of hydrogen-bond donors (Lipinski definition) is 1. The first-order valence-corrected chi connectivity index (χ1v) is 12.2. The molecule has 1 aliphatic rings. The quantitative estimate of drug-likeness (QED) is 0.392. The van der Waals surface area contributed by atoms with Crippen LogP contribution in [0.2, 0.25) is 0 Å². The molecule has 1 atom stereocenters. The van der Waals surface area contributed by atoms with Gasteiger partial charge in [0.15, 0.2) is 11.4 Å². The number of methoxy groups -OCH3 is 2. The Morgan fingerprint density at radius 1 is 0.974 bits per heavy atom. The van der Waals surface area contributed by atoms with Crippen molar-refractivity contribution >= 4 is 5.91 Å². The number of aromatic hydroxyl groups is 1. The fraction of sp³-hybridized carbons (Fsp3) is 0.207. The molecule has 1 amide bonds. The Balaban J connectivity index is 1.66. The zero-order chi connectivity index (χ0) is 27.7. The van der Waals surface area contributed by atoms with Gasteiger partial charge in [-0.2, -0.15) is 4.98 Å². The van der Waals surface area contributed by atoms with Crippen LogP contribution < -0.4 is 15.0 Å². The predicted octanol–water partition coefficient (Wildman–Crippen LogP) is 4.53. The Labute approximate surface area is 222 Å². The van der Waals surface area contributed by atoms with Crippen molar-refractivity contribution < 1.29 is 28.2 Å². The zero-order valence-electron chi connectivity index (χ0n) is 21.2. The monoisotopic (exact) mass is 533 g/mol. The van der Waals surface area contributed by atoms with Crippen LogP contribution in [-0.2, 0) is 0 Å². The minimum absolute atomic E-state index is 0.0532. The topological polar surface area (TPSA) is 93.9 Å². The molecule has 39 heavy (non-hydrogen) atoms. The van der Waals surface area contributed by atoms with E-state index in [0.29, 0.717) is 17.5 Å². The summed E-state index contributed by atoms with van der Waals surface area (Å²) in [5.41, 5.74) is -0.541. The first-order valence-electron chi connectivity index (χ1n) is 12.2. The molecule has 1 fully saturated rings. The molecule has 10 heteroatoms. The van der Waals surface area contributed by atoms with Gasteiger partial charge in [-0.3, -0.25) is 14.2 Å². The minimum atomic E-state index is -0.962. The molecule has 4 aromatic rings. The number of para-hydroxylation sites is 1. The molecule has 1 unspecified atom stereocenters. The average Bonchev–Trinajstić information content (AvgIpc) is 3.43. The smallest absolute Gasteiger partial charge is 0.290 e. The molecule has 3 aromatic carbocycles. The van der Waals surface area contributed by atoms with Crippen LogP contribution >= 0.6 is 0 Å². The molecule has 5 rings (SSSR count). The van der Waals surface area contributed by atoms with E-state index in [0.717, 1.165) is 0 Å². The Morgan fingerprint density at radius 2 is 1.64 bits per heavy atom. The molecule has 8 nitrogen and oxygen atoms in total. The summed E-state index contributed by atoms with van der Waals surface area (Å²) in [6.45, 7) is 0.421. The van der Waals surface area contributed by atoms with Gasteiger partial charge in [-0.1, -0.05) is 24.3 Å². The SMILES string of the molecule is COc1cccc(OC)c1-n1c(-c2ccc(F)cc2)nc(=O)c(C(=O)N2CCC(c3ccccc3F)C2)c1O. The van der Waals surface area contributed by atoms with E-state index in [1.54, 1.807) is 36.4 Å². The fourth-order valence-corrected chi connectivity index (χ4v) is 4.92. The van der Waals surface area contributed by atoms with Crippen LogP contribution in [0.5, 0.6) is 17.4 Å². The van der Waals surface area contributed by atoms with E-state index in [9.17, 15) is 23.5 Å². The van der Waals surface area contributed by atoms with Crippen LogP contribution in [0.4, 0.5) is 8.78 Å². The second-order valence-electron chi connectivity index (χ2n) is 9.05. The molecule has 1 N–H and O–H groups in total. The molecule has 200 valence electrons. The highest BCUT2D eigenvalue weighted by Gasteiger charge is 2.34. The van der Waals surface area contributed by atoms with E-state index in [-0.39, 0.29) is 47.8 Å². The molecule has 1 saturated heterocycles. The highest BCUT2D eigenvalue weighted by atomic mass is 19.1. The average molecular weight is 534 g/mol. The van der Waals surface area contributed by atoms with Gasteiger partial charge in [0.25, 0.3) is 11.5 Å². The van der Waals surface area contributed by atoms with Gasteiger partial charge in [-0.05, 0) is 54.4 Å². The Kier molecular flexibility index (Phi) is 7.02. The second-order valence-corrected chi connectivity index (χ2v) is 9.05. The number of amides is 1. The van der Waals surface area contributed by atoms with Gasteiger partial charge in [-0.15, -0.1) is 0 Å². The second kappa shape index (κ2) is 10.6. The third kappa shape index (κ3) is 4.69. The molecule has 0 saturated carbocycles. The molecule has 1 aromatic heterocycles. The number of carbonyl (C=O) groups excluding carboxylic acids is 1. The van der Waals surface area contributed by atoms with Gasteiger partial charge in [0.2, 0.25) is 5.88 Å². The summed E-state index contributed by atoms with van der Waals surface area (Å²) in [7, 11) is 2.84. The van der Waals surface area contributed by atoms with E-state index in [2.05, 4.69) is 4.98 Å². The number of nitrogens with zero attached hydrogens (tertiary/aromatic N) is 3. The minimum Gasteiger partial charge on any atom is -0.494 e. The molecule has 1 aliphatic heterocycles. The first kappa shape index (κ1) is 25.9. The number of aromatic nitrogens is 2. The van der Waals surface area contributed by atoms with Crippen molar-refractivity contribution in [2.24, 2.45) is 0 Å². The first-order chi connectivity index (χ1) is 18.8. The molecule has 2 heterocycles. The number of carbonyl (C=O) groups is 1. The molecular weight excluding hydrogens is 508 g/mol. The summed E-state index contributed by atoms with van der Waals surface area (Å²) in [6.07, 6.45) is 0.489. The van der Waals surface area contributed by atoms with Crippen molar-refractivity contribution in [1.29, 1.82) is 0 Å². The highest BCUT2D eigenvalue weighted by molar-refractivity contribution is 5.97. The number of ether oxygens (including phenoxy) is 2. The number of likely N-dealkylation sites (tertiary alicyclic amines) is 1. The summed E-state index contributed by atoms with van der Waals surface area (Å²) in [5, 5.41) is 11.5. The fourth-order valence-electron chi connectivity index (χ4n) is 4.92. The molecule has 0 spiro atoms. The maximum atomic E-state index is 14.4. The molecule has 0 radical (unpaired) electrons. The van der Waals surface area contributed by atoms with E-state index in [1.165, 1.54) is 54.0 Å². The van der Waals surface area contributed by atoms with Gasteiger partial charge in [0, 0.05) is 24.6 Å². The van der Waals surface area contributed by atoms with Crippen LogP contribution in [0.3, 0.4) is 0 Å². The maximum absolute atomic E-state index is 14.4. The molecule has 0 bridgehead atoms. The van der Waals surface area contributed by atoms with Gasteiger partial charge < -0.3 is 19.5 Å². The zero-order valence-corrected chi connectivity index (χ0v) is 21.2. The largest absolute Gasteiger partial charge is 0.494 e.